The van der Waals surface area contributed by atoms with E-state index in [1.54, 1.807) is 26.0 Å². The quantitative estimate of drug-likeness (QED) is 0.818. The third-order valence-electron chi connectivity index (χ3n) is 1.98. The molecule has 0 saturated heterocycles. The van der Waals surface area contributed by atoms with E-state index >= 15 is 0 Å². The van der Waals surface area contributed by atoms with Crippen molar-refractivity contribution in [1.82, 2.24) is 0 Å². The second-order valence-electron chi connectivity index (χ2n) is 3.43. The van der Waals surface area contributed by atoms with Crippen LogP contribution in [0.1, 0.15) is 25.4 Å². The SMILES string of the molecule is CC(C)S(=O)(=O)Cc1ccc(CN)o1. The second kappa shape index (κ2) is 4.14. The molecule has 0 saturated carbocycles. The molecule has 0 spiro atoms. The van der Waals surface area contributed by atoms with E-state index in [0.717, 1.165) is 0 Å². The van der Waals surface area contributed by atoms with Gasteiger partial charge < -0.3 is 10.2 Å². The molecule has 0 aliphatic rings. The van der Waals surface area contributed by atoms with Crippen LogP contribution < -0.4 is 5.73 Å². The van der Waals surface area contributed by atoms with Gasteiger partial charge in [0.1, 0.15) is 17.3 Å². The van der Waals surface area contributed by atoms with E-state index < -0.39 is 9.84 Å². The van der Waals surface area contributed by atoms with E-state index in [-0.39, 0.29) is 11.0 Å². The Morgan fingerprint density at radius 1 is 1.36 bits per heavy atom. The summed E-state index contributed by atoms with van der Waals surface area (Å²) in [5, 5.41) is -0.381. The lowest BCUT2D eigenvalue weighted by Gasteiger charge is -2.04. The zero-order valence-electron chi connectivity index (χ0n) is 8.36. The standard InChI is InChI=1S/C9H15NO3S/c1-7(2)14(11,12)6-9-4-3-8(5-10)13-9/h3-4,7H,5-6,10H2,1-2H3. The predicted octanol–water partition coefficient (Wildman–Crippen LogP) is 1.06. The topological polar surface area (TPSA) is 73.3 Å². The van der Waals surface area contributed by atoms with Crippen molar-refractivity contribution in [2.75, 3.05) is 0 Å². The molecule has 0 fully saturated rings. The van der Waals surface area contributed by atoms with Crippen LogP contribution in [0.5, 0.6) is 0 Å². The first-order valence-electron chi connectivity index (χ1n) is 4.45. The average Bonchev–Trinajstić information content (AvgIpc) is 2.51. The molecule has 0 atom stereocenters. The lowest BCUT2D eigenvalue weighted by Crippen LogP contribution is -2.15. The lowest BCUT2D eigenvalue weighted by molar-refractivity contribution is 0.477. The highest BCUT2D eigenvalue weighted by Gasteiger charge is 2.18. The van der Waals surface area contributed by atoms with Gasteiger partial charge in [-0.15, -0.1) is 0 Å². The van der Waals surface area contributed by atoms with Gasteiger partial charge in [-0.3, -0.25) is 0 Å². The molecule has 0 amide bonds. The highest BCUT2D eigenvalue weighted by Crippen LogP contribution is 2.13. The van der Waals surface area contributed by atoms with Gasteiger partial charge >= 0.3 is 0 Å². The second-order valence-corrected chi connectivity index (χ2v) is 5.99. The van der Waals surface area contributed by atoms with Crippen LogP contribution in [0.15, 0.2) is 16.5 Å². The third kappa shape index (κ3) is 2.59. The van der Waals surface area contributed by atoms with Crippen LogP contribution in [0.2, 0.25) is 0 Å². The molecular formula is C9H15NO3S. The summed E-state index contributed by atoms with van der Waals surface area (Å²) in [7, 11) is -3.08. The van der Waals surface area contributed by atoms with E-state index in [2.05, 4.69) is 0 Å². The van der Waals surface area contributed by atoms with Crippen LogP contribution in [0.3, 0.4) is 0 Å². The third-order valence-corrected chi connectivity index (χ3v) is 4.10. The molecule has 0 aromatic carbocycles. The molecule has 5 heteroatoms. The molecule has 14 heavy (non-hydrogen) atoms. The smallest absolute Gasteiger partial charge is 0.159 e. The Bertz CT molecular complexity index is 392. The summed E-state index contributed by atoms with van der Waals surface area (Å²) in [5.41, 5.74) is 5.34. The molecule has 1 aromatic rings. The van der Waals surface area contributed by atoms with E-state index in [9.17, 15) is 8.42 Å². The summed E-state index contributed by atoms with van der Waals surface area (Å²) in [6.07, 6.45) is 0. The van der Waals surface area contributed by atoms with Crippen molar-refractivity contribution >= 4 is 9.84 Å². The van der Waals surface area contributed by atoms with Gasteiger partial charge in [0.25, 0.3) is 0 Å². The summed E-state index contributed by atoms with van der Waals surface area (Å²) in [6, 6.07) is 3.35. The van der Waals surface area contributed by atoms with Crippen molar-refractivity contribution in [3.63, 3.8) is 0 Å². The van der Waals surface area contributed by atoms with Crippen LogP contribution in [-0.2, 0) is 22.1 Å². The number of sulfone groups is 1. The van der Waals surface area contributed by atoms with Crippen molar-refractivity contribution < 1.29 is 12.8 Å². The van der Waals surface area contributed by atoms with E-state index in [0.29, 0.717) is 18.1 Å². The van der Waals surface area contributed by atoms with Crippen molar-refractivity contribution in [3.8, 4) is 0 Å². The summed E-state index contributed by atoms with van der Waals surface area (Å²) in [5.74, 6) is 1.02. The number of furan rings is 1. The zero-order chi connectivity index (χ0) is 10.8. The fourth-order valence-electron chi connectivity index (χ4n) is 0.975. The van der Waals surface area contributed by atoms with Crippen LogP contribution >= 0.6 is 0 Å². The van der Waals surface area contributed by atoms with Crippen LogP contribution in [0.25, 0.3) is 0 Å². The van der Waals surface area contributed by atoms with E-state index in [4.69, 9.17) is 10.2 Å². The van der Waals surface area contributed by atoms with Crippen molar-refractivity contribution in [2.45, 2.75) is 31.4 Å². The molecule has 1 rings (SSSR count). The maximum Gasteiger partial charge on any atom is 0.159 e. The first-order chi connectivity index (χ1) is 6.45. The first kappa shape index (κ1) is 11.3. The molecule has 0 unspecified atom stereocenters. The molecule has 80 valence electrons. The highest BCUT2D eigenvalue weighted by atomic mass is 32.2. The number of nitrogens with two attached hydrogens (primary N) is 1. The van der Waals surface area contributed by atoms with Gasteiger partial charge in [0.05, 0.1) is 11.8 Å². The Hall–Kier alpha value is -0.810. The summed E-state index contributed by atoms with van der Waals surface area (Å²) < 4.78 is 28.2. The van der Waals surface area contributed by atoms with E-state index in [1.165, 1.54) is 0 Å². The molecule has 0 aliphatic heterocycles. The van der Waals surface area contributed by atoms with E-state index in [1.807, 2.05) is 0 Å². The maximum absolute atomic E-state index is 11.5. The van der Waals surface area contributed by atoms with Crippen LogP contribution in [0, 0.1) is 0 Å². The zero-order valence-corrected chi connectivity index (χ0v) is 9.17. The van der Waals surface area contributed by atoms with Crippen LogP contribution in [-0.4, -0.2) is 13.7 Å². The highest BCUT2D eigenvalue weighted by molar-refractivity contribution is 7.91. The fraction of sp³-hybridized carbons (Fsp3) is 0.556. The molecular weight excluding hydrogens is 202 g/mol. The normalized spacial score (nSPS) is 12.3. The number of hydrogen-bond acceptors (Lipinski definition) is 4. The number of hydrogen-bond donors (Lipinski definition) is 1. The average molecular weight is 217 g/mol. The molecule has 2 N–H and O–H groups in total. The van der Waals surface area contributed by atoms with Gasteiger partial charge in [0.15, 0.2) is 9.84 Å². The minimum atomic E-state index is -3.08. The summed E-state index contributed by atoms with van der Waals surface area (Å²) in [6.45, 7) is 3.60. The Morgan fingerprint density at radius 2 is 1.93 bits per heavy atom. The van der Waals surface area contributed by atoms with Gasteiger partial charge in [-0.1, -0.05) is 0 Å². The Kier molecular flexibility index (Phi) is 3.34. The molecule has 0 aliphatic carbocycles. The molecule has 0 bridgehead atoms. The Morgan fingerprint density at radius 3 is 2.36 bits per heavy atom. The fourth-order valence-corrected chi connectivity index (χ4v) is 1.86. The molecule has 4 nitrogen and oxygen atoms in total. The Balaban J connectivity index is 2.79. The summed E-state index contributed by atoms with van der Waals surface area (Å²) in [4.78, 5) is 0. The molecule has 1 aromatic heterocycles. The van der Waals surface area contributed by atoms with Gasteiger partial charge in [-0.2, -0.15) is 0 Å². The minimum absolute atomic E-state index is 0.0509. The molecule has 0 radical (unpaired) electrons. The van der Waals surface area contributed by atoms with Gasteiger partial charge in [0.2, 0.25) is 0 Å². The van der Waals surface area contributed by atoms with Crippen molar-refractivity contribution in [1.29, 1.82) is 0 Å². The summed E-state index contributed by atoms with van der Waals surface area (Å²) >= 11 is 0. The monoisotopic (exact) mass is 217 g/mol. The van der Waals surface area contributed by atoms with Gasteiger partial charge in [0, 0.05) is 0 Å². The van der Waals surface area contributed by atoms with Gasteiger partial charge in [-0.25, -0.2) is 8.42 Å². The lowest BCUT2D eigenvalue weighted by atomic mass is 10.4. The molecule has 1 heterocycles. The number of rotatable bonds is 4. The largest absolute Gasteiger partial charge is 0.464 e. The van der Waals surface area contributed by atoms with Gasteiger partial charge in [-0.05, 0) is 26.0 Å². The van der Waals surface area contributed by atoms with Crippen molar-refractivity contribution in [2.24, 2.45) is 5.73 Å². The first-order valence-corrected chi connectivity index (χ1v) is 6.16. The minimum Gasteiger partial charge on any atom is -0.464 e. The Labute approximate surface area is 84.0 Å². The maximum atomic E-state index is 11.5. The predicted molar refractivity (Wildman–Crippen MR) is 54.4 cm³/mol. The van der Waals surface area contributed by atoms with Crippen molar-refractivity contribution in [3.05, 3.63) is 23.7 Å². The van der Waals surface area contributed by atoms with Crippen LogP contribution in [0.4, 0.5) is 0 Å².